The molecule has 28 heavy (non-hydrogen) atoms. The van der Waals surface area contributed by atoms with Crippen LogP contribution in [0.25, 0.3) is 0 Å². The van der Waals surface area contributed by atoms with Crippen LogP contribution in [0, 0.1) is 10.1 Å². The number of esters is 1. The number of hydrogen-bond acceptors (Lipinski definition) is 9. The standard InChI is InChI=1S/C17H12ClN5O5/c1-27-17(24)10-4-6-11(7-5-10)28-16-13(23(25)26)15(20-9-21-16)22-12-3-2-8-19-14(12)18/h2-9H,1H3,(H,20,21,22). The Morgan fingerprint density at radius 3 is 2.57 bits per heavy atom. The first kappa shape index (κ1) is 19.0. The maximum Gasteiger partial charge on any atom is 0.373 e. The molecule has 0 bridgehead atoms. The summed E-state index contributed by atoms with van der Waals surface area (Å²) in [7, 11) is 1.26. The van der Waals surface area contributed by atoms with Crippen LogP contribution >= 0.6 is 11.6 Å². The number of nitro groups is 1. The molecule has 0 saturated heterocycles. The summed E-state index contributed by atoms with van der Waals surface area (Å²) >= 11 is 5.97. The van der Waals surface area contributed by atoms with Crippen molar-refractivity contribution >= 4 is 34.8 Å². The number of carbonyl (C=O) groups excluding carboxylic acids is 1. The van der Waals surface area contributed by atoms with Gasteiger partial charge in [0.15, 0.2) is 5.15 Å². The van der Waals surface area contributed by atoms with Crippen LogP contribution < -0.4 is 10.1 Å². The second-order valence-electron chi connectivity index (χ2n) is 5.22. The van der Waals surface area contributed by atoms with Crippen molar-refractivity contribution in [3.05, 3.63) is 69.8 Å². The van der Waals surface area contributed by atoms with Crippen molar-refractivity contribution in [2.75, 3.05) is 12.4 Å². The lowest BCUT2D eigenvalue weighted by atomic mass is 10.2. The lowest BCUT2D eigenvalue weighted by Crippen LogP contribution is -2.04. The SMILES string of the molecule is COC(=O)c1ccc(Oc2ncnc(Nc3cccnc3Cl)c2[N+](=O)[O-])cc1. The molecule has 3 aromatic rings. The van der Waals surface area contributed by atoms with E-state index in [4.69, 9.17) is 16.3 Å². The first-order valence-corrected chi connectivity index (χ1v) is 8.10. The summed E-state index contributed by atoms with van der Waals surface area (Å²) in [5, 5.41) is 14.5. The second kappa shape index (κ2) is 8.27. The van der Waals surface area contributed by atoms with Crippen molar-refractivity contribution in [1.29, 1.82) is 0 Å². The number of pyridine rings is 1. The van der Waals surface area contributed by atoms with E-state index >= 15 is 0 Å². The topological polar surface area (TPSA) is 129 Å². The lowest BCUT2D eigenvalue weighted by molar-refractivity contribution is -0.385. The highest BCUT2D eigenvalue weighted by Gasteiger charge is 2.26. The fraction of sp³-hybridized carbons (Fsp3) is 0.0588. The van der Waals surface area contributed by atoms with Crippen LogP contribution in [0.3, 0.4) is 0 Å². The third-order valence-electron chi connectivity index (χ3n) is 3.47. The molecule has 2 heterocycles. The molecule has 0 saturated carbocycles. The van der Waals surface area contributed by atoms with E-state index in [1.54, 1.807) is 12.1 Å². The number of carbonyl (C=O) groups is 1. The van der Waals surface area contributed by atoms with Crippen LogP contribution in [0.2, 0.25) is 5.15 Å². The quantitative estimate of drug-likeness (QED) is 0.284. The summed E-state index contributed by atoms with van der Waals surface area (Å²) < 4.78 is 10.1. The number of halogens is 1. The average molecular weight is 402 g/mol. The Morgan fingerprint density at radius 2 is 1.93 bits per heavy atom. The van der Waals surface area contributed by atoms with Gasteiger partial charge in [0.25, 0.3) is 0 Å². The highest BCUT2D eigenvalue weighted by Crippen LogP contribution is 2.36. The molecule has 0 unspecified atom stereocenters. The molecule has 0 aliphatic heterocycles. The molecule has 0 fully saturated rings. The number of benzene rings is 1. The molecule has 0 amide bonds. The molecule has 1 aromatic carbocycles. The molecule has 0 atom stereocenters. The number of nitrogens with one attached hydrogen (secondary N) is 1. The normalized spacial score (nSPS) is 10.2. The van der Waals surface area contributed by atoms with Gasteiger partial charge in [0, 0.05) is 6.20 Å². The van der Waals surface area contributed by atoms with E-state index in [9.17, 15) is 14.9 Å². The number of aromatic nitrogens is 3. The molecule has 3 rings (SSSR count). The van der Waals surface area contributed by atoms with Gasteiger partial charge in [0.1, 0.15) is 12.1 Å². The molecular formula is C17H12ClN5O5. The van der Waals surface area contributed by atoms with E-state index in [0.717, 1.165) is 6.33 Å². The third-order valence-corrected chi connectivity index (χ3v) is 3.77. The Labute approximate surface area is 163 Å². The van der Waals surface area contributed by atoms with Gasteiger partial charge in [-0.25, -0.2) is 14.8 Å². The summed E-state index contributed by atoms with van der Waals surface area (Å²) in [6.45, 7) is 0. The zero-order valence-corrected chi connectivity index (χ0v) is 15.1. The highest BCUT2D eigenvalue weighted by atomic mass is 35.5. The summed E-state index contributed by atoms with van der Waals surface area (Å²) in [5.74, 6) is -0.677. The maximum atomic E-state index is 11.6. The minimum absolute atomic E-state index is 0.115. The number of rotatable bonds is 6. The smallest absolute Gasteiger partial charge is 0.373 e. The summed E-state index contributed by atoms with van der Waals surface area (Å²) in [6.07, 6.45) is 2.59. The fourth-order valence-corrected chi connectivity index (χ4v) is 2.36. The molecule has 2 aromatic heterocycles. The predicted octanol–water partition coefficient (Wildman–Crippen LogP) is 3.76. The number of ether oxygens (including phenoxy) is 2. The number of methoxy groups -OCH3 is 1. The summed E-state index contributed by atoms with van der Waals surface area (Å²) in [6, 6.07) is 9.05. The highest BCUT2D eigenvalue weighted by molar-refractivity contribution is 6.32. The first-order valence-electron chi connectivity index (χ1n) is 7.72. The molecule has 0 radical (unpaired) electrons. The Bertz CT molecular complexity index is 1030. The van der Waals surface area contributed by atoms with Gasteiger partial charge in [-0.05, 0) is 36.4 Å². The molecule has 10 nitrogen and oxygen atoms in total. The minimum Gasteiger partial charge on any atom is -0.465 e. The maximum absolute atomic E-state index is 11.6. The average Bonchev–Trinajstić information content (AvgIpc) is 2.69. The zero-order chi connectivity index (χ0) is 20.1. The molecule has 0 aliphatic rings. The predicted molar refractivity (Wildman–Crippen MR) is 99.1 cm³/mol. The van der Waals surface area contributed by atoms with E-state index < -0.39 is 16.6 Å². The fourth-order valence-electron chi connectivity index (χ4n) is 2.19. The number of hydrogen-bond donors (Lipinski definition) is 1. The van der Waals surface area contributed by atoms with E-state index in [1.165, 1.54) is 37.6 Å². The van der Waals surface area contributed by atoms with Crippen LogP contribution in [0.15, 0.2) is 48.9 Å². The molecule has 0 spiro atoms. The minimum atomic E-state index is -0.676. The molecule has 142 valence electrons. The number of anilines is 2. The Kier molecular flexibility index (Phi) is 5.61. The molecular weight excluding hydrogens is 390 g/mol. The summed E-state index contributed by atoms with van der Waals surface area (Å²) in [4.78, 5) is 34.0. The monoisotopic (exact) mass is 401 g/mol. The van der Waals surface area contributed by atoms with Crippen molar-refractivity contribution in [3.8, 4) is 11.6 Å². The third kappa shape index (κ3) is 4.13. The Balaban J connectivity index is 1.92. The van der Waals surface area contributed by atoms with Gasteiger partial charge in [0.05, 0.1) is 23.3 Å². The Hall–Kier alpha value is -3.79. The van der Waals surface area contributed by atoms with Crippen molar-refractivity contribution in [2.24, 2.45) is 0 Å². The Morgan fingerprint density at radius 1 is 1.18 bits per heavy atom. The van der Waals surface area contributed by atoms with E-state index in [1.807, 2.05) is 0 Å². The van der Waals surface area contributed by atoms with E-state index in [2.05, 4.69) is 25.0 Å². The van der Waals surface area contributed by atoms with Crippen molar-refractivity contribution in [2.45, 2.75) is 0 Å². The van der Waals surface area contributed by atoms with Crippen LogP contribution in [-0.2, 0) is 4.74 Å². The molecule has 1 N–H and O–H groups in total. The lowest BCUT2D eigenvalue weighted by Gasteiger charge is -2.10. The van der Waals surface area contributed by atoms with Crippen LogP contribution in [0.4, 0.5) is 17.2 Å². The largest absolute Gasteiger partial charge is 0.465 e. The number of nitrogens with zero attached hydrogens (tertiary/aromatic N) is 4. The van der Waals surface area contributed by atoms with Crippen LogP contribution in [-0.4, -0.2) is 33.0 Å². The van der Waals surface area contributed by atoms with Crippen molar-refractivity contribution in [3.63, 3.8) is 0 Å². The van der Waals surface area contributed by atoms with Crippen molar-refractivity contribution < 1.29 is 19.2 Å². The van der Waals surface area contributed by atoms with Gasteiger partial charge >= 0.3 is 17.5 Å². The van der Waals surface area contributed by atoms with Crippen molar-refractivity contribution in [1.82, 2.24) is 15.0 Å². The molecule has 11 heteroatoms. The second-order valence-corrected chi connectivity index (χ2v) is 5.58. The zero-order valence-electron chi connectivity index (χ0n) is 14.3. The van der Waals surface area contributed by atoms with Gasteiger partial charge in [-0.2, -0.15) is 4.98 Å². The summed E-state index contributed by atoms with van der Waals surface area (Å²) in [5.41, 5.74) is 0.152. The molecule has 0 aliphatic carbocycles. The van der Waals surface area contributed by atoms with Crippen LogP contribution in [0.5, 0.6) is 11.6 Å². The first-order chi connectivity index (χ1) is 13.5. The van der Waals surface area contributed by atoms with Gasteiger partial charge in [-0.3, -0.25) is 10.1 Å². The van der Waals surface area contributed by atoms with Gasteiger partial charge < -0.3 is 14.8 Å². The van der Waals surface area contributed by atoms with E-state index in [-0.39, 0.29) is 22.6 Å². The van der Waals surface area contributed by atoms with Gasteiger partial charge in [0.2, 0.25) is 5.82 Å². The van der Waals surface area contributed by atoms with Crippen LogP contribution in [0.1, 0.15) is 10.4 Å². The van der Waals surface area contributed by atoms with Gasteiger partial charge in [-0.15, -0.1) is 0 Å². The van der Waals surface area contributed by atoms with Gasteiger partial charge in [-0.1, -0.05) is 11.6 Å². The van der Waals surface area contributed by atoms with E-state index in [0.29, 0.717) is 11.3 Å².